The minimum Gasteiger partial charge on any atom is -0.394 e. The molecule has 1 fully saturated rings. The van der Waals surface area contributed by atoms with Crippen molar-refractivity contribution in [1.82, 2.24) is 9.13 Å². The Bertz CT molecular complexity index is 565. The van der Waals surface area contributed by atoms with Gasteiger partial charge in [0, 0.05) is 25.2 Å². The van der Waals surface area contributed by atoms with Crippen LogP contribution in [0.3, 0.4) is 0 Å². The number of hydrogen-bond donors (Lipinski definition) is 2. The van der Waals surface area contributed by atoms with Crippen molar-refractivity contribution in [2.45, 2.75) is 31.8 Å². The maximum Gasteiger partial charge on any atom is 0.331 e. The molecule has 6 nitrogen and oxygen atoms in total. The molecule has 0 unspecified atom stereocenters. The molecule has 1 aliphatic rings. The van der Waals surface area contributed by atoms with Gasteiger partial charge in [0.25, 0.3) is 0 Å². The molecule has 0 spiro atoms. The van der Waals surface area contributed by atoms with E-state index < -0.39 is 18.4 Å². The summed E-state index contributed by atoms with van der Waals surface area (Å²) in [6.45, 7) is 1.55. The van der Waals surface area contributed by atoms with E-state index >= 15 is 0 Å². The lowest BCUT2D eigenvalue weighted by Crippen LogP contribution is -2.33. The van der Waals surface area contributed by atoms with Crippen LogP contribution in [0.4, 0.5) is 0 Å². The van der Waals surface area contributed by atoms with Crippen LogP contribution in [0, 0.1) is 11.6 Å². The van der Waals surface area contributed by atoms with Gasteiger partial charge < -0.3 is 14.9 Å². The Balaban J connectivity index is 2.42. The lowest BCUT2D eigenvalue weighted by Gasteiger charge is -2.16. The monoisotopic (exact) mass is 272 g/mol. The highest BCUT2D eigenvalue weighted by Crippen LogP contribution is 2.27. The summed E-state index contributed by atoms with van der Waals surface area (Å²) in [4.78, 5) is 12.1. The topological polar surface area (TPSA) is 76.6 Å². The third-order valence-electron chi connectivity index (χ3n) is 3.18. The van der Waals surface area contributed by atoms with Crippen molar-refractivity contribution in [1.29, 1.82) is 0 Å². The van der Waals surface area contributed by atoms with Crippen LogP contribution in [-0.4, -0.2) is 38.2 Å². The number of aliphatic hydroxyl groups is 2. The highest BCUT2D eigenvalue weighted by Gasteiger charge is 2.35. The fourth-order valence-electron chi connectivity index (χ4n) is 2.10. The van der Waals surface area contributed by atoms with E-state index in [9.17, 15) is 9.90 Å². The summed E-state index contributed by atoms with van der Waals surface area (Å²) in [5, 5.41) is 18.7. The molecule has 1 aromatic heterocycles. The third-order valence-corrected chi connectivity index (χ3v) is 3.77. The Labute approximate surface area is 109 Å². The van der Waals surface area contributed by atoms with Gasteiger partial charge in [-0.25, -0.2) is 4.79 Å². The second-order valence-electron chi connectivity index (χ2n) is 4.48. The van der Waals surface area contributed by atoms with Crippen LogP contribution < -0.4 is 5.69 Å². The second kappa shape index (κ2) is 4.93. The normalized spacial score (nSPS) is 27.7. The number of rotatable bonds is 2. The molecule has 100 valence electrons. The predicted octanol–water partition coefficient (Wildman–Crippen LogP) is -0.135. The van der Waals surface area contributed by atoms with E-state index in [1.807, 2.05) is 6.92 Å². The van der Waals surface area contributed by atoms with Gasteiger partial charge in [0.15, 0.2) is 0 Å². The minimum absolute atomic E-state index is 0.267. The average molecular weight is 272 g/mol. The van der Waals surface area contributed by atoms with Crippen molar-refractivity contribution in [2.75, 3.05) is 6.61 Å². The number of nitrogens with zero attached hydrogens (tertiary/aromatic N) is 2. The molecule has 2 rings (SSSR count). The first-order valence-corrected chi connectivity index (χ1v) is 6.09. The molecular formula is C11H16N2O4S. The highest BCUT2D eigenvalue weighted by atomic mass is 32.1. The van der Waals surface area contributed by atoms with E-state index in [4.69, 9.17) is 22.1 Å². The number of aryl methyl sites for hydroxylation is 1. The minimum atomic E-state index is -0.763. The molecule has 18 heavy (non-hydrogen) atoms. The van der Waals surface area contributed by atoms with Crippen LogP contribution in [0.5, 0.6) is 0 Å². The Morgan fingerprint density at radius 1 is 1.61 bits per heavy atom. The Morgan fingerprint density at radius 3 is 2.83 bits per heavy atom. The molecule has 2 N–H and O–H groups in total. The lowest BCUT2D eigenvalue weighted by atomic mass is 10.2. The van der Waals surface area contributed by atoms with Gasteiger partial charge in [0.2, 0.25) is 0 Å². The van der Waals surface area contributed by atoms with Gasteiger partial charge >= 0.3 is 5.69 Å². The summed E-state index contributed by atoms with van der Waals surface area (Å²) < 4.78 is 8.71. The van der Waals surface area contributed by atoms with E-state index in [-0.39, 0.29) is 18.7 Å². The quantitative estimate of drug-likeness (QED) is 0.733. The van der Waals surface area contributed by atoms with Crippen molar-refractivity contribution >= 4 is 12.2 Å². The van der Waals surface area contributed by atoms with Gasteiger partial charge in [-0.2, -0.15) is 0 Å². The van der Waals surface area contributed by atoms with Crippen molar-refractivity contribution < 1.29 is 14.9 Å². The SMILES string of the molecule is Cc1cn([C@H]2C[C@H](O)[C@@H](CO)O2)c(=O)n(C)c1=S. The van der Waals surface area contributed by atoms with Crippen LogP contribution >= 0.6 is 12.2 Å². The molecule has 3 atom stereocenters. The first-order valence-electron chi connectivity index (χ1n) is 5.69. The van der Waals surface area contributed by atoms with Crippen molar-refractivity contribution in [3.8, 4) is 0 Å². The Hall–Kier alpha value is -1.02. The number of hydrogen-bond acceptors (Lipinski definition) is 5. The van der Waals surface area contributed by atoms with Gasteiger partial charge in [-0.1, -0.05) is 12.2 Å². The zero-order chi connectivity index (χ0) is 13.4. The van der Waals surface area contributed by atoms with Crippen molar-refractivity contribution in [3.63, 3.8) is 0 Å². The molecule has 1 aromatic rings. The van der Waals surface area contributed by atoms with Crippen LogP contribution in [-0.2, 0) is 11.8 Å². The third kappa shape index (κ3) is 2.14. The van der Waals surface area contributed by atoms with Crippen molar-refractivity contribution in [2.24, 2.45) is 7.05 Å². The predicted molar refractivity (Wildman–Crippen MR) is 66.9 cm³/mol. The van der Waals surface area contributed by atoms with Crippen LogP contribution in [0.25, 0.3) is 0 Å². The zero-order valence-corrected chi connectivity index (χ0v) is 11.1. The molecule has 7 heteroatoms. The fourth-order valence-corrected chi connectivity index (χ4v) is 2.23. The summed E-state index contributed by atoms with van der Waals surface area (Å²) in [5.41, 5.74) is 0.499. The molecule has 2 heterocycles. The van der Waals surface area contributed by atoms with E-state index in [0.29, 0.717) is 4.64 Å². The van der Waals surface area contributed by atoms with Gasteiger partial charge in [-0.3, -0.25) is 9.13 Å². The standard InChI is InChI=1S/C11H16N2O4S/c1-6-4-13(11(16)12(2)10(6)18)9-3-7(15)8(5-14)17-9/h4,7-9,14-15H,3,5H2,1-2H3/t7-,8+,9+/m0/s1. The first-order chi connectivity index (χ1) is 8.45. The van der Waals surface area contributed by atoms with E-state index in [2.05, 4.69) is 0 Å². The van der Waals surface area contributed by atoms with Gasteiger partial charge in [0.1, 0.15) is 17.0 Å². The second-order valence-corrected chi connectivity index (χ2v) is 4.87. The molecule has 0 amide bonds. The molecule has 0 aliphatic carbocycles. The summed E-state index contributed by atoms with van der Waals surface area (Å²) in [6, 6.07) is 0. The van der Waals surface area contributed by atoms with Crippen LogP contribution in [0.1, 0.15) is 18.2 Å². The molecule has 0 radical (unpaired) electrons. The van der Waals surface area contributed by atoms with Crippen LogP contribution in [0.2, 0.25) is 0 Å². The lowest BCUT2D eigenvalue weighted by molar-refractivity contribution is -0.0462. The highest BCUT2D eigenvalue weighted by molar-refractivity contribution is 7.71. The van der Waals surface area contributed by atoms with E-state index in [1.54, 1.807) is 13.2 Å². The van der Waals surface area contributed by atoms with Gasteiger partial charge in [0.05, 0.1) is 12.7 Å². The van der Waals surface area contributed by atoms with E-state index in [0.717, 1.165) is 5.56 Å². The molecule has 1 saturated heterocycles. The number of ether oxygens (including phenoxy) is 1. The summed E-state index contributed by atoms with van der Waals surface area (Å²) >= 11 is 5.10. The Morgan fingerprint density at radius 2 is 2.28 bits per heavy atom. The van der Waals surface area contributed by atoms with E-state index in [1.165, 1.54) is 9.13 Å². The van der Waals surface area contributed by atoms with Crippen LogP contribution in [0.15, 0.2) is 11.0 Å². The van der Waals surface area contributed by atoms with Crippen molar-refractivity contribution in [3.05, 3.63) is 26.9 Å². The summed E-state index contributed by atoms with van der Waals surface area (Å²) in [6.07, 6.45) is -0.0649. The maximum absolute atomic E-state index is 12.1. The summed E-state index contributed by atoms with van der Waals surface area (Å²) in [5.74, 6) is 0. The number of aliphatic hydroxyl groups excluding tert-OH is 2. The molecular weight excluding hydrogens is 256 g/mol. The summed E-state index contributed by atoms with van der Waals surface area (Å²) in [7, 11) is 1.60. The first kappa shape index (κ1) is 13.4. The van der Waals surface area contributed by atoms with Gasteiger partial charge in [-0.15, -0.1) is 0 Å². The maximum atomic E-state index is 12.1. The molecule has 0 bridgehead atoms. The Kier molecular flexibility index (Phi) is 3.67. The fraction of sp³-hybridized carbons (Fsp3) is 0.636. The number of aromatic nitrogens is 2. The zero-order valence-electron chi connectivity index (χ0n) is 10.2. The largest absolute Gasteiger partial charge is 0.394 e. The average Bonchev–Trinajstić information content (AvgIpc) is 2.72. The smallest absolute Gasteiger partial charge is 0.331 e. The molecule has 0 aromatic carbocycles. The van der Waals surface area contributed by atoms with Gasteiger partial charge in [-0.05, 0) is 6.92 Å². The molecule has 1 aliphatic heterocycles. The molecule has 0 saturated carbocycles.